The van der Waals surface area contributed by atoms with Gasteiger partial charge in [-0.25, -0.2) is 0 Å². The first-order chi connectivity index (χ1) is 10.3. The van der Waals surface area contributed by atoms with E-state index in [1.165, 1.54) is 12.8 Å². The topological polar surface area (TPSA) is 46.5 Å². The van der Waals surface area contributed by atoms with Crippen LogP contribution < -0.4 is 4.74 Å². The zero-order chi connectivity index (χ0) is 16.8. The molecule has 0 aliphatic carbocycles. The molecule has 0 saturated carbocycles. The molecule has 1 aromatic carbocycles. The summed E-state index contributed by atoms with van der Waals surface area (Å²) >= 11 is 0. The van der Waals surface area contributed by atoms with Gasteiger partial charge in [-0.1, -0.05) is 59.9 Å². The van der Waals surface area contributed by atoms with Crippen molar-refractivity contribution in [3.63, 3.8) is 0 Å². The van der Waals surface area contributed by atoms with Gasteiger partial charge >= 0.3 is 0 Å². The molecule has 22 heavy (non-hydrogen) atoms. The molecule has 1 unspecified atom stereocenters. The monoisotopic (exact) mass is 306 g/mol. The lowest BCUT2D eigenvalue weighted by Crippen LogP contribution is -2.15. The first kappa shape index (κ1) is 18.5. The average molecular weight is 306 g/mol. The Morgan fingerprint density at radius 3 is 2.45 bits per heavy atom. The van der Waals surface area contributed by atoms with Crippen molar-refractivity contribution >= 4 is 6.29 Å². The Labute approximate surface area is 134 Å². The smallest absolute Gasteiger partial charge is 0.168 e. The number of phenolic OH excluding ortho intramolecular Hbond substituents is 1. The summed E-state index contributed by atoms with van der Waals surface area (Å²) in [6.07, 6.45) is 5.28. The van der Waals surface area contributed by atoms with Crippen molar-refractivity contribution in [2.24, 2.45) is 5.92 Å². The fourth-order valence-electron chi connectivity index (χ4n) is 2.58. The molecule has 0 heterocycles. The number of hydrogen-bond donors (Lipinski definition) is 1. The van der Waals surface area contributed by atoms with Gasteiger partial charge < -0.3 is 9.84 Å². The number of hydrogen-bond acceptors (Lipinski definition) is 3. The van der Waals surface area contributed by atoms with Gasteiger partial charge in [0.15, 0.2) is 17.8 Å². The molecule has 0 aliphatic heterocycles. The van der Waals surface area contributed by atoms with Crippen molar-refractivity contribution in [1.82, 2.24) is 0 Å². The molecule has 1 rings (SSSR count). The molecule has 3 nitrogen and oxygen atoms in total. The molecular formula is C19H30O3. The van der Waals surface area contributed by atoms with E-state index in [1.807, 2.05) is 26.8 Å². The van der Waals surface area contributed by atoms with Gasteiger partial charge in [-0.05, 0) is 29.4 Å². The Hall–Kier alpha value is -1.51. The van der Waals surface area contributed by atoms with Crippen LogP contribution in [0.2, 0.25) is 0 Å². The molecule has 0 spiro atoms. The highest BCUT2D eigenvalue weighted by molar-refractivity contribution is 5.84. The fourth-order valence-corrected chi connectivity index (χ4v) is 2.58. The van der Waals surface area contributed by atoms with E-state index in [4.69, 9.17) is 4.74 Å². The predicted octanol–water partition coefficient (Wildman–Crippen LogP) is 5.10. The molecule has 0 aliphatic rings. The average Bonchev–Trinajstić information content (AvgIpc) is 2.47. The molecular weight excluding hydrogens is 276 g/mol. The van der Waals surface area contributed by atoms with Gasteiger partial charge in [0.1, 0.15) is 0 Å². The lowest BCUT2D eigenvalue weighted by Gasteiger charge is -2.23. The lowest BCUT2D eigenvalue weighted by molar-refractivity contribution is 0.111. The summed E-state index contributed by atoms with van der Waals surface area (Å²) in [6.45, 7) is 11.0. The van der Waals surface area contributed by atoms with E-state index in [0.29, 0.717) is 23.8 Å². The van der Waals surface area contributed by atoms with Crippen LogP contribution >= 0.6 is 0 Å². The summed E-state index contributed by atoms with van der Waals surface area (Å²) in [7, 11) is 0. The van der Waals surface area contributed by atoms with E-state index in [0.717, 1.165) is 24.7 Å². The molecule has 0 saturated heterocycles. The van der Waals surface area contributed by atoms with Crippen molar-refractivity contribution in [2.75, 3.05) is 6.61 Å². The molecule has 1 N–H and O–H groups in total. The van der Waals surface area contributed by atoms with Gasteiger partial charge in [0.05, 0.1) is 12.2 Å². The highest BCUT2D eigenvalue weighted by Gasteiger charge is 2.22. The van der Waals surface area contributed by atoms with Crippen molar-refractivity contribution in [3.8, 4) is 11.5 Å². The summed E-state index contributed by atoms with van der Waals surface area (Å²) in [6, 6.07) is 3.65. The van der Waals surface area contributed by atoms with Gasteiger partial charge in [-0.2, -0.15) is 0 Å². The van der Waals surface area contributed by atoms with Crippen molar-refractivity contribution < 1.29 is 14.6 Å². The molecule has 0 amide bonds. The van der Waals surface area contributed by atoms with Crippen molar-refractivity contribution in [2.45, 2.75) is 65.7 Å². The Morgan fingerprint density at radius 1 is 1.27 bits per heavy atom. The second kappa shape index (κ2) is 8.21. The van der Waals surface area contributed by atoms with Gasteiger partial charge in [0.25, 0.3) is 0 Å². The fraction of sp³-hybridized carbons (Fsp3) is 0.632. The number of aromatic hydroxyl groups is 1. The standard InChI is InChI=1S/C19H30O3/c1-6-8-9-14(7-2)13-22-17-11-10-16(19(3,4)5)15(12-20)18(17)21/h10-12,14,21H,6-9,13H2,1-5H3. The summed E-state index contributed by atoms with van der Waals surface area (Å²) < 4.78 is 5.79. The van der Waals surface area contributed by atoms with Crippen LogP contribution in [0.5, 0.6) is 11.5 Å². The number of rotatable bonds is 8. The number of benzene rings is 1. The van der Waals surface area contributed by atoms with Gasteiger partial charge in [-0.15, -0.1) is 0 Å². The van der Waals surface area contributed by atoms with E-state index < -0.39 is 0 Å². The van der Waals surface area contributed by atoms with E-state index in [9.17, 15) is 9.90 Å². The van der Waals surface area contributed by atoms with Crippen LogP contribution in [0.3, 0.4) is 0 Å². The minimum atomic E-state index is -0.195. The molecule has 124 valence electrons. The van der Waals surface area contributed by atoms with Crippen LogP contribution in [-0.4, -0.2) is 18.0 Å². The Morgan fingerprint density at radius 2 is 1.95 bits per heavy atom. The van der Waals surface area contributed by atoms with Crippen molar-refractivity contribution in [3.05, 3.63) is 23.3 Å². The quantitative estimate of drug-likeness (QED) is 0.680. The summed E-state index contributed by atoms with van der Waals surface area (Å²) in [5.74, 6) is 0.860. The second-order valence-electron chi connectivity index (χ2n) is 6.97. The predicted molar refractivity (Wildman–Crippen MR) is 91.0 cm³/mol. The molecule has 1 atom stereocenters. The zero-order valence-electron chi connectivity index (χ0n) is 14.6. The maximum Gasteiger partial charge on any atom is 0.168 e. The van der Waals surface area contributed by atoms with Crippen LogP contribution in [0.25, 0.3) is 0 Å². The van der Waals surface area contributed by atoms with Gasteiger partial charge in [-0.3, -0.25) is 4.79 Å². The highest BCUT2D eigenvalue weighted by atomic mass is 16.5. The lowest BCUT2D eigenvalue weighted by atomic mass is 9.83. The van der Waals surface area contributed by atoms with Crippen LogP contribution in [0.4, 0.5) is 0 Å². The number of ether oxygens (including phenoxy) is 1. The molecule has 0 radical (unpaired) electrons. The van der Waals surface area contributed by atoms with E-state index in [2.05, 4.69) is 13.8 Å². The minimum absolute atomic E-state index is 0.0345. The number of unbranched alkanes of at least 4 members (excludes halogenated alkanes) is 1. The largest absolute Gasteiger partial charge is 0.504 e. The van der Waals surface area contributed by atoms with Crippen LogP contribution in [-0.2, 0) is 5.41 Å². The minimum Gasteiger partial charge on any atom is -0.504 e. The first-order valence-electron chi connectivity index (χ1n) is 8.29. The zero-order valence-corrected chi connectivity index (χ0v) is 14.6. The maximum absolute atomic E-state index is 11.4. The highest BCUT2D eigenvalue weighted by Crippen LogP contribution is 2.37. The van der Waals surface area contributed by atoms with Crippen LogP contribution in [0, 0.1) is 5.92 Å². The third-order valence-corrected chi connectivity index (χ3v) is 4.12. The van der Waals surface area contributed by atoms with Gasteiger partial charge in [0, 0.05) is 0 Å². The number of carbonyl (C=O) groups is 1. The Bertz CT molecular complexity index is 486. The third-order valence-electron chi connectivity index (χ3n) is 4.12. The summed E-state index contributed by atoms with van der Waals surface area (Å²) in [5, 5.41) is 10.3. The van der Waals surface area contributed by atoms with Crippen LogP contribution in [0.15, 0.2) is 12.1 Å². The molecule has 1 aromatic rings. The summed E-state index contributed by atoms with van der Waals surface area (Å²) in [5.41, 5.74) is 0.983. The second-order valence-corrected chi connectivity index (χ2v) is 6.97. The Kier molecular flexibility index (Phi) is 6.92. The molecule has 0 fully saturated rings. The first-order valence-corrected chi connectivity index (χ1v) is 8.29. The number of phenols is 1. The van der Waals surface area contributed by atoms with E-state index in [-0.39, 0.29) is 11.2 Å². The third kappa shape index (κ3) is 4.75. The molecule has 3 heteroatoms. The maximum atomic E-state index is 11.4. The Balaban J connectivity index is 2.91. The van der Waals surface area contributed by atoms with Gasteiger partial charge in [0.2, 0.25) is 0 Å². The SMILES string of the molecule is CCCCC(CC)COc1ccc(C(C)(C)C)c(C=O)c1O. The van der Waals surface area contributed by atoms with E-state index >= 15 is 0 Å². The van der Waals surface area contributed by atoms with Crippen molar-refractivity contribution in [1.29, 1.82) is 0 Å². The normalized spacial score (nSPS) is 13.0. The number of aldehydes is 1. The number of carbonyl (C=O) groups excluding carboxylic acids is 1. The molecule has 0 bridgehead atoms. The van der Waals surface area contributed by atoms with Crippen LogP contribution in [0.1, 0.15) is 76.2 Å². The molecule has 0 aromatic heterocycles. The summed E-state index contributed by atoms with van der Waals surface area (Å²) in [4.78, 5) is 11.4. The van der Waals surface area contributed by atoms with E-state index in [1.54, 1.807) is 6.07 Å².